The van der Waals surface area contributed by atoms with Crippen LogP contribution in [0.3, 0.4) is 0 Å². The second-order valence-corrected chi connectivity index (χ2v) is 5.48. The van der Waals surface area contributed by atoms with Crippen molar-refractivity contribution in [3.63, 3.8) is 0 Å². The van der Waals surface area contributed by atoms with Crippen molar-refractivity contribution in [2.24, 2.45) is 0 Å². The van der Waals surface area contributed by atoms with Crippen molar-refractivity contribution >= 4 is 28.8 Å². The number of nitrogens with one attached hydrogen (secondary N) is 3. The summed E-state index contributed by atoms with van der Waals surface area (Å²) >= 11 is 0. The number of carbonyl (C=O) groups is 3. The molecule has 2 aromatic heterocycles. The topological polar surface area (TPSA) is 130 Å². The molecular formula is C18H15N3O6. The van der Waals surface area contributed by atoms with E-state index >= 15 is 0 Å². The Labute approximate surface area is 152 Å². The SMILES string of the molecule is O=C(COC(=O)c1cc(=O)c2ccccc2[nH]1)NC(=O)NCc1ccco1. The van der Waals surface area contributed by atoms with Crippen LogP contribution in [0.4, 0.5) is 4.79 Å². The van der Waals surface area contributed by atoms with Gasteiger partial charge in [0.2, 0.25) is 0 Å². The Balaban J connectivity index is 1.52. The molecule has 0 aliphatic carbocycles. The Bertz CT molecular complexity index is 1040. The molecule has 9 heteroatoms. The van der Waals surface area contributed by atoms with Crippen molar-refractivity contribution in [3.05, 3.63) is 70.4 Å². The molecule has 0 spiro atoms. The van der Waals surface area contributed by atoms with Crippen LogP contribution >= 0.6 is 0 Å². The number of hydrogen-bond acceptors (Lipinski definition) is 6. The van der Waals surface area contributed by atoms with Gasteiger partial charge in [0.1, 0.15) is 11.5 Å². The molecule has 3 rings (SSSR count). The van der Waals surface area contributed by atoms with Crippen molar-refractivity contribution in [2.45, 2.75) is 6.54 Å². The molecule has 0 saturated carbocycles. The minimum absolute atomic E-state index is 0.0891. The zero-order valence-corrected chi connectivity index (χ0v) is 14.0. The number of imide groups is 1. The molecule has 0 bridgehead atoms. The standard InChI is InChI=1S/C18H15N3O6/c22-15-8-14(20-13-6-2-1-5-12(13)15)17(24)27-10-16(23)21-18(25)19-9-11-4-3-7-26-11/h1-8H,9-10H2,(H,20,22)(H2,19,21,23,25). The number of esters is 1. The fraction of sp³-hybridized carbons (Fsp3) is 0.111. The van der Waals surface area contributed by atoms with E-state index in [4.69, 9.17) is 9.15 Å². The highest BCUT2D eigenvalue weighted by Crippen LogP contribution is 2.08. The molecule has 0 aliphatic heterocycles. The first-order valence-electron chi connectivity index (χ1n) is 7.92. The van der Waals surface area contributed by atoms with Gasteiger partial charge >= 0.3 is 12.0 Å². The number of urea groups is 1. The molecule has 2 heterocycles. The summed E-state index contributed by atoms with van der Waals surface area (Å²) in [6.07, 6.45) is 1.46. The van der Waals surface area contributed by atoms with E-state index in [2.05, 4.69) is 10.3 Å². The van der Waals surface area contributed by atoms with Crippen LogP contribution in [0.1, 0.15) is 16.2 Å². The van der Waals surface area contributed by atoms with E-state index in [1.54, 1.807) is 36.4 Å². The molecule has 0 saturated heterocycles. The van der Waals surface area contributed by atoms with Crippen LogP contribution in [-0.4, -0.2) is 29.5 Å². The van der Waals surface area contributed by atoms with Gasteiger partial charge in [-0.15, -0.1) is 0 Å². The number of aromatic amines is 1. The third-order valence-electron chi connectivity index (χ3n) is 3.55. The van der Waals surface area contributed by atoms with Gasteiger partial charge in [-0.05, 0) is 24.3 Å². The van der Waals surface area contributed by atoms with Crippen molar-refractivity contribution in [2.75, 3.05) is 6.61 Å². The van der Waals surface area contributed by atoms with Crippen LogP contribution in [0.25, 0.3) is 10.9 Å². The lowest BCUT2D eigenvalue weighted by atomic mass is 10.2. The molecular weight excluding hydrogens is 354 g/mol. The number of amides is 3. The van der Waals surface area contributed by atoms with Crippen LogP contribution in [0.5, 0.6) is 0 Å². The highest BCUT2D eigenvalue weighted by Gasteiger charge is 2.14. The van der Waals surface area contributed by atoms with Crippen LogP contribution in [0.2, 0.25) is 0 Å². The normalized spacial score (nSPS) is 10.4. The Morgan fingerprint density at radius 2 is 1.93 bits per heavy atom. The fourth-order valence-electron chi connectivity index (χ4n) is 2.30. The maximum atomic E-state index is 12.0. The average Bonchev–Trinajstić information content (AvgIpc) is 3.18. The number of ether oxygens (including phenoxy) is 1. The molecule has 3 aromatic rings. The molecule has 0 unspecified atom stereocenters. The number of para-hydroxylation sites is 1. The molecule has 1 aromatic carbocycles. The third kappa shape index (κ3) is 4.60. The van der Waals surface area contributed by atoms with E-state index in [9.17, 15) is 19.2 Å². The molecule has 9 nitrogen and oxygen atoms in total. The van der Waals surface area contributed by atoms with Crippen molar-refractivity contribution < 1.29 is 23.5 Å². The lowest BCUT2D eigenvalue weighted by molar-refractivity contribution is -0.123. The number of fused-ring (bicyclic) bond motifs is 1. The maximum absolute atomic E-state index is 12.0. The van der Waals surface area contributed by atoms with E-state index in [1.165, 1.54) is 6.26 Å². The van der Waals surface area contributed by atoms with Gasteiger partial charge in [-0.25, -0.2) is 9.59 Å². The Hall–Kier alpha value is -3.88. The van der Waals surface area contributed by atoms with E-state index in [0.717, 1.165) is 6.07 Å². The summed E-state index contributed by atoms with van der Waals surface area (Å²) in [4.78, 5) is 50.1. The van der Waals surface area contributed by atoms with Gasteiger partial charge in [0.25, 0.3) is 5.91 Å². The van der Waals surface area contributed by atoms with Gasteiger partial charge in [-0.2, -0.15) is 0 Å². The summed E-state index contributed by atoms with van der Waals surface area (Å²) in [5, 5.41) is 4.85. The number of pyridine rings is 1. The minimum atomic E-state index is -0.885. The summed E-state index contributed by atoms with van der Waals surface area (Å²) in [5.74, 6) is -1.18. The lowest BCUT2D eigenvalue weighted by Gasteiger charge is -2.07. The Morgan fingerprint density at radius 3 is 2.70 bits per heavy atom. The van der Waals surface area contributed by atoms with Crippen LogP contribution in [0.15, 0.2) is 57.9 Å². The van der Waals surface area contributed by atoms with E-state index in [0.29, 0.717) is 16.7 Å². The molecule has 138 valence electrons. The fourth-order valence-corrected chi connectivity index (χ4v) is 2.30. The molecule has 3 N–H and O–H groups in total. The molecule has 0 atom stereocenters. The van der Waals surface area contributed by atoms with Crippen molar-refractivity contribution in [1.82, 2.24) is 15.6 Å². The summed E-state index contributed by atoms with van der Waals surface area (Å²) in [7, 11) is 0. The number of hydrogen-bond donors (Lipinski definition) is 3. The van der Waals surface area contributed by atoms with Crippen molar-refractivity contribution in [3.8, 4) is 0 Å². The summed E-state index contributed by atoms with van der Waals surface area (Å²) in [6.45, 7) is -0.577. The molecule has 0 radical (unpaired) electrons. The predicted molar refractivity (Wildman–Crippen MR) is 93.9 cm³/mol. The number of H-pyrrole nitrogens is 1. The second kappa shape index (κ2) is 8.00. The zero-order chi connectivity index (χ0) is 19.2. The summed E-state index contributed by atoms with van der Waals surface area (Å²) in [6, 6.07) is 10.3. The number of benzene rings is 1. The molecule has 0 aliphatic rings. The first kappa shape index (κ1) is 17.9. The Kier molecular flexibility index (Phi) is 5.31. The smallest absolute Gasteiger partial charge is 0.355 e. The van der Waals surface area contributed by atoms with E-state index < -0.39 is 24.5 Å². The zero-order valence-electron chi connectivity index (χ0n) is 14.0. The number of rotatable bonds is 5. The maximum Gasteiger partial charge on any atom is 0.355 e. The van der Waals surface area contributed by atoms with E-state index in [-0.39, 0.29) is 17.7 Å². The second-order valence-electron chi connectivity index (χ2n) is 5.48. The Morgan fingerprint density at radius 1 is 1.11 bits per heavy atom. The van der Waals surface area contributed by atoms with Crippen LogP contribution in [-0.2, 0) is 16.1 Å². The number of aromatic nitrogens is 1. The minimum Gasteiger partial charge on any atom is -0.467 e. The van der Waals surface area contributed by atoms with Gasteiger partial charge in [0.15, 0.2) is 12.0 Å². The van der Waals surface area contributed by atoms with Crippen LogP contribution < -0.4 is 16.1 Å². The van der Waals surface area contributed by atoms with Gasteiger partial charge in [-0.3, -0.25) is 14.9 Å². The first-order chi connectivity index (χ1) is 13.0. The summed E-state index contributed by atoms with van der Waals surface area (Å²) in [5.41, 5.74) is 0.0329. The largest absolute Gasteiger partial charge is 0.467 e. The first-order valence-corrected chi connectivity index (χ1v) is 7.92. The van der Waals surface area contributed by atoms with Crippen LogP contribution in [0, 0.1) is 0 Å². The quantitative estimate of drug-likeness (QED) is 0.581. The third-order valence-corrected chi connectivity index (χ3v) is 3.55. The average molecular weight is 369 g/mol. The number of furan rings is 1. The van der Waals surface area contributed by atoms with Gasteiger partial charge in [0, 0.05) is 17.0 Å². The molecule has 0 fully saturated rings. The number of carbonyl (C=O) groups excluding carboxylic acids is 3. The predicted octanol–water partition coefficient (Wildman–Crippen LogP) is 1.30. The van der Waals surface area contributed by atoms with Gasteiger partial charge < -0.3 is 19.5 Å². The monoisotopic (exact) mass is 369 g/mol. The van der Waals surface area contributed by atoms with Gasteiger partial charge in [0.05, 0.1) is 12.8 Å². The highest BCUT2D eigenvalue weighted by molar-refractivity contribution is 5.97. The van der Waals surface area contributed by atoms with Gasteiger partial charge in [-0.1, -0.05) is 12.1 Å². The lowest BCUT2D eigenvalue weighted by Crippen LogP contribution is -2.41. The van der Waals surface area contributed by atoms with Crippen molar-refractivity contribution in [1.29, 1.82) is 0 Å². The summed E-state index contributed by atoms with van der Waals surface area (Å²) < 4.78 is 9.86. The molecule has 27 heavy (non-hydrogen) atoms. The highest BCUT2D eigenvalue weighted by atomic mass is 16.5. The van der Waals surface area contributed by atoms with E-state index in [1.807, 2.05) is 5.32 Å². The molecule has 3 amide bonds.